The van der Waals surface area contributed by atoms with Crippen LogP contribution in [-0.2, 0) is 19.7 Å². The Morgan fingerprint density at radius 2 is 1.88 bits per heavy atom. The molecule has 0 fully saturated rings. The first kappa shape index (κ1) is 19.6. The van der Waals surface area contributed by atoms with E-state index in [9.17, 15) is 9.59 Å². The van der Waals surface area contributed by atoms with Crippen LogP contribution >= 0.6 is 0 Å². The minimum atomic E-state index is -0.433. The van der Waals surface area contributed by atoms with Gasteiger partial charge in [0, 0.05) is 6.42 Å². The van der Waals surface area contributed by atoms with Crippen molar-refractivity contribution in [2.45, 2.75) is 39.0 Å². The van der Waals surface area contributed by atoms with Crippen molar-refractivity contribution < 1.29 is 19.1 Å². The third-order valence-electron chi connectivity index (χ3n) is 3.27. The Labute approximate surface area is 143 Å². The van der Waals surface area contributed by atoms with Gasteiger partial charge >= 0.3 is 5.97 Å². The maximum absolute atomic E-state index is 11.5. The van der Waals surface area contributed by atoms with Gasteiger partial charge in [0.15, 0.2) is 6.61 Å². The minimum absolute atomic E-state index is 0.106. The smallest absolute Gasteiger partial charge is 0.306 e. The first-order valence-electron chi connectivity index (χ1n) is 7.92. The number of ether oxygens (including phenoxy) is 2. The molecule has 0 saturated carbocycles. The van der Waals surface area contributed by atoms with Crippen LogP contribution in [-0.4, -0.2) is 31.6 Å². The van der Waals surface area contributed by atoms with Gasteiger partial charge in [-0.25, -0.2) is 0 Å². The third kappa shape index (κ3) is 7.68. The SMILES string of the molecule is C#CCNC(=O)COC(=O)CCCOc1ccc(C(C)(C)C)cc1. The molecule has 0 aliphatic carbocycles. The van der Waals surface area contributed by atoms with Gasteiger partial charge in [0.05, 0.1) is 13.2 Å². The summed E-state index contributed by atoms with van der Waals surface area (Å²) in [6, 6.07) is 7.93. The molecular weight excluding hydrogens is 306 g/mol. The van der Waals surface area contributed by atoms with E-state index < -0.39 is 11.9 Å². The molecule has 0 bridgehead atoms. The van der Waals surface area contributed by atoms with Crippen molar-refractivity contribution in [2.75, 3.05) is 19.8 Å². The van der Waals surface area contributed by atoms with Gasteiger partial charge in [-0.2, -0.15) is 0 Å². The van der Waals surface area contributed by atoms with Crippen LogP contribution in [0.25, 0.3) is 0 Å². The van der Waals surface area contributed by atoms with Crippen LogP contribution in [0.2, 0.25) is 0 Å². The summed E-state index contributed by atoms with van der Waals surface area (Å²) in [7, 11) is 0. The highest BCUT2D eigenvalue weighted by molar-refractivity contribution is 5.80. The number of amides is 1. The normalized spacial score (nSPS) is 10.6. The van der Waals surface area contributed by atoms with Crippen LogP contribution in [0.1, 0.15) is 39.2 Å². The highest BCUT2D eigenvalue weighted by Crippen LogP contribution is 2.24. The lowest BCUT2D eigenvalue weighted by atomic mass is 9.87. The van der Waals surface area contributed by atoms with E-state index in [2.05, 4.69) is 32.0 Å². The summed E-state index contributed by atoms with van der Waals surface area (Å²) >= 11 is 0. The van der Waals surface area contributed by atoms with Crippen molar-refractivity contribution in [3.63, 3.8) is 0 Å². The predicted molar refractivity (Wildman–Crippen MR) is 92.7 cm³/mol. The first-order chi connectivity index (χ1) is 11.3. The van der Waals surface area contributed by atoms with Crippen LogP contribution in [0.3, 0.4) is 0 Å². The van der Waals surface area contributed by atoms with Gasteiger partial charge in [-0.1, -0.05) is 38.8 Å². The van der Waals surface area contributed by atoms with Gasteiger partial charge in [0.1, 0.15) is 5.75 Å². The van der Waals surface area contributed by atoms with Gasteiger partial charge in [-0.3, -0.25) is 9.59 Å². The molecule has 1 aromatic rings. The Morgan fingerprint density at radius 1 is 1.21 bits per heavy atom. The summed E-state index contributed by atoms with van der Waals surface area (Å²) in [5, 5.41) is 2.41. The Hall–Kier alpha value is -2.48. The van der Waals surface area contributed by atoms with Crippen LogP contribution < -0.4 is 10.1 Å². The lowest BCUT2D eigenvalue weighted by Crippen LogP contribution is -2.29. The largest absolute Gasteiger partial charge is 0.494 e. The number of esters is 1. The van der Waals surface area contributed by atoms with Gasteiger partial charge in [0.2, 0.25) is 0 Å². The second-order valence-electron chi connectivity index (χ2n) is 6.37. The Bertz CT molecular complexity index is 579. The molecule has 0 aromatic heterocycles. The lowest BCUT2D eigenvalue weighted by Gasteiger charge is -2.19. The zero-order chi connectivity index (χ0) is 18.0. The molecule has 0 aliphatic heterocycles. The van der Waals surface area contributed by atoms with Crippen molar-refractivity contribution >= 4 is 11.9 Å². The maximum atomic E-state index is 11.5. The number of terminal acetylenes is 1. The molecule has 0 unspecified atom stereocenters. The Balaban J connectivity index is 2.20. The number of hydrogen-bond donors (Lipinski definition) is 1. The summed E-state index contributed by atoms with van der Waals surface area (Å²) < 4.78 is 10.4. The molecule has 0 aliphatic rings. The zero-order valence-electron chi connectivity index (χ0n) is 14.6. The van der Waals surface area contributed by atoms with Crippen LogP contribution in [0.4, 0.5) is 0 Å². The molecule has 1 aromatic carbocycles. The van der Waals surface area contributed by atoms with Gasteiger partial charge in [-0.05, 0) is 29.5 Å². The van der Waals surface area contributed by atoms with Crippen LogP contribution in [0.15, 0.2) is 24.3 Å². The summed E-state index contributed by atoms with van der Waals surface area (Å²) in [6.07, 6.45) is 5.72. The number of hydrogen-bond acceptors (Lipinski definition) is 4. The standard InChI is InChI=1S/C19H25NO4/c1-5-12-20-17(21)14-24-18(22)7-6-13-23-16-10-8-15(9-11-16)19(2,3)4/h1,8-11H,6-7,12-14H2,2-4H3,(H,20,21). The zero-order valence-corrected chi connectivity index (χ0v) is 14.6. The number of benzene rings is 1. The summed E-state index contributed by atoms with van der Waals surface area (Å²) in [5.74, 6) is 2.20. The molecule has 130 valence electrons. The van der Waals surface area contributed by atoms with Crippen molar-refractivity contribution in [2.24, 2.45) is 0 Å². The second-order valence-corrected chi connectivity index (χ2v) is 6.37. The van der Waals surface area contributed by atoms with Crippen LogP contribution in [0, 0.1) is 12.3 Å². The molecule has 0 atom stereocenters. The average molecular weight is 331 g/mol. The average Bonchev–Trinajstić information content (AvgIpc) is 2.54. The molecule has 0 heterocycles. The fourth-order valence-electron chi connectivity index (χ4n) is 1.88. The molecule has 0 radical (unpaired) electrons. The maximum Gasteiger partial charge on any atom is 0.306 e. The fourth-order valence-corrected chi connectivity index (χ4v) is 1.88. The van der Waals surface area contributed by atoms with Crippen LogP contribution in [0.5, 0.6) is 5.75 Å². The van der Waals surface area contributed by atoms with E-state index >= 15 is 0 Å². The van der Waals surface area contributed by atoms with E-state index in [1.807, 2.05) is 24.3 Å². The summed E-state index contributed by atoms with van der Waals surface area (Å²) in [5.41, 5.74) is 1.34. The Kier molecular flexibility index (Phi) is 7.84. The van der Waals surface area contributed by atoms with E-state index in [-0.39, 0.29) is 25.0 Å². The molecule has 0 saturated heterocycles. The van der Waals surface area contributed by atoms with Crippen molar-refractivity contribution in [1.29, 1.82) is 0 Å². The number of carbonyl (C=O) groups is 2. The summed E-state index contributed by atoms with van der Waals surface area (Å²) in [4.78, 5) is 22.7. The van der Waals surface area contributed by atoms with Crippen molar-refractivity contribution in [3.05, 3.63) is 29.8 Å². The topological polar surface area (TPSA) is 64.6 Å². The molecule has 5 nitrogen and oxygen atoms in total. The lowest BCUT2D eigenvalue weighted by molar-refractivity contribution is -0.148. The van der Waals surface area contributed by atoms with E-state index in [4.69, 9.17) is 15.9 Å². The molecule has 1 N–H and O–H groups in total. The number of nitrogens with one attached hydrogen (secondary N) is 1. The number of rotatable bonds is 8. The quantitative estimate of drug-likeness (QED) is 0.451. The molecule has 1 amide bonds. The van der Waals surface area contributed by atoms with Gasteiger partial charge in [0.25, 0.3) is 5.91 Å². The van der Waals surface area contributed by atoms with Gasteiger partial charge < -0.3 is 14.8 Å². The molecule has 5 heteroatoms. The van der Waals surface area contributed by atoms with E-state index in [0.29, 0.717) is 13.0 Å². The number of carbonyl (C=O) groups excluding carboxylic acids is 2. The van der Waals surface area contributed by atoms with E-state index in [1.54, 1.807) is 0 Å². The van der Waals surface area contributed by atoms with Crippen molar-refractivity contribution in [3.8, 4) is 18.1 Å². The molecule has 1 rings (SSSR count). The third-order valence-corrected chi connectivity index (χ3v) is 3.27. The second kappa shape index (κ2) is 9.61. The van der Waals surface area contributed by atoms with Gasteiger partial charge in [-0.15, -0.1) is 6.42 Å². The molecule has 24 heavy (non-hydrogen) atoms. The fraction of sp³-hybridized carbons (Fsp3) is 0.474. The molecular formula is C19H25NO4. The first-order valence-corrected chi connectivity index (χ1v) is 7.92. The van der Waals surface area contributed by atoms with E-state index in [0.717, 1.165) is 5.75 Å². The Morgan fingerprint density at radius 3 is 2.46 bits per heavy atom. The minimum Gasteiger partial charge on any atom is -0.494 e. The molecule has 0 spiro atoms. The monoisotopic (exact) mass is 331 g/mol. The predicted octanol–water partition coefficient (Wildman–Crippen LogP) is 2.44. The highest BCUT2D eigenvalue weighted by Gasteiger charge is 2.13. The van der Waals surface area contributed by atoms with E-state index in [1.165, 1.54) is 5.56 Å². The van der Waals surface area contributed by atoms with Crippen molar-refractivity contribution in [1.82, 2.24) is 5.32 Å². The highest BCUT2D eigenvalue weighted by atomic mass is 16.5. The summed E-state index contributed by atoms with van der Waals surface area (Å²) in [6.45, 7) is 6.69.